The third-order valence-corrected chi connectivity index (χ3v) is 2.38. The summed E-state index contributed by atoms with van der Waals surface area (Å²) >= 11 is 3.28. The summed E-state index contributed by atoms with van der Waals surface area (Å²) in [6, 6.07) is 6.66. The lowest BCUT2D eigenvalue weighted by molar-refractivity contribution is 0.0697. The fourth-order valence-electron chi connectivity index (χ4n) is 0.926. The van der Waals surface area contributed by atoms with Crippen LogP contribution in [0.15, 0.2) is 30.8 Å². The summed E-state index contributed by atoms with van der Waals surface area (Å²) < 4.78 is 0. The highest BCUT2D eigenvalue weighted by Crippen LogP contribution is 2.15. The second-order valence-electron chi connectivity index (χ2n) is 2.62. The second kappa shape index (κ2) is 4.23. The maximum absolute atomic E-state index is 10.5. The number of carbonyl (C=O) groups is 1. The van der Waals surface area contributed by atoms with Crippen LogP contribution in [0.1, 0.15) is 15.9 Å². The monoisotopic (exact) mass is 240 g/mol. The zero-order valence-electron chi connectivity index (χ0n) is 6.96. The Morgan fingerprint density at radius 3 is 2.15 bits per heavy atom. The molecular formula is C10H9BrO2. The van der Waals surface area contributed by atoms with Gasteiger partial charge in [-0.1, -0.05) is 34.6 Å². The highest BCUT2D eigenvalue weighted by Gasteiger charge is 2.02. The molecule has 13 heavy (non-hydrogen) atoms. The lowest BCUT2D eigenvalue weighted by Gasteiger charge is -2.01. The highest BCUT2D eigenvalue weighted by atomic mass is 79.9. The van der Waals surface area contributed by atoms with Crippen molar-refractivity contribution in [2.45, 2.75) is 0 Å². The van der Waals surface area contributed by atoms with Gasteiger partial charge in [0.1, 0.15) is 0 Å². The van der Waals surface area contributed by atoms with E-state index in [1.165, 1.54) is 0 Å². The molecule has 0 aromatic heterocycles. The van der Waals surface area contributed by atoms with Crippen LogP contribution in [0, 0.1) is 0 Å². The van der Waals surface area contributed by atoms with Gasteiger partial charge in [-0.25, -0.2) is 4.79 Å². The van der Waals surface area contributed by atoms with Crippen LogP contribution in [0.25, 0.3) is 5.57 Å². The standard InChI is InChI=1S/C10H9BrO2/c1-7(6-11)8-2-4-9(5-3-8)10(12)13/h2-5H,1,6H2,(H,12,13). The SMILES string of the molecule is C=C(CBr)c1ccc(C(=O)O)cc1. The molecular weight excluding hydrogens is 232 g/mol. The third kappa shape index (κ3) is 2.42. The molecule has 0 aliphatic rings. The number of carboxylic acids is 1. The van der Waals surface area contributed by atoms with Crippen LogP contribution in [-0.2, 0) is 0 Å². The van der Waals surface area contributed by atoms with E-state index >= 15 is 0 Å². The van der Waals surface area contributed by atoms with Crippen molar-refractivity contribution in [2.24, 2.45) is 0 Å². The van der Waals surface area contributed by atoms with Crippen molar-refractivity contribution < 1.29 is 9.90 Å². The van der Waals surface area contributed by atoms with E-state index in [0.717, 1.165) is 11.1 Å². The van der Waals surface area contributed by atoms with E-state index in [9.17, 15) is 4.79 Å². The van der Waals surface area contributed by atoms with E-state index in [2.05, 4.69) is 22.5 Å². The van der Waals surface area contributed by atoms with Gasteiger partial charge in [-0.05, 0) is 23.3 Å². The van der Waals surface area contributed by atoms with Gasteiger partial charge < -0.3 is 5.11 Å². The first kappa shape index (κ1) is 9.99. The molecule has 0 unspecified atom stereocenters. The molecule has 0 saturated carbocycles. The first-order valence-electron chi connectivity index (χ1n) is 3.72. The number of allylic oxidation sites excluding steroid dienone is 1. The molecule has 0 heterocycles. The van der Waals surface area contributed by atoms with Crippen molar-refractivity contribution >= 4 is 27.5 Å². The molecule has 0 aliphatic heterocycles. The van der Waals surface area contributed by atoms with Crippen LogP contribution >= 0.6 is 15.9 Å². The molecule has 3 heteroatoms. The average Bonchev–Trinajstić information content (AvgIpc) is 2.17. The molecule has 0 saturated heterocycles. The number of benzene rings is 1. The van der Waals surface area contributed by atoms with Gasteiger partial charge in [0.15, 0.2) is 0 Å². The largest absolute Gasteiger partial charge is 0.478 e. The van der Waals surface area contributed by atoms with Crippen molar-refractivity contribution in [3.05, 3.63) is 42.0 Å². The van der Waals surface area contributed by atoms with Crippen LogP contribution in [0.5, 0.6) is 0 Å². The van der Waals surface area contributed by atoms with Crippen molar-refractivity contribution in [3.8, 4) is 0 Å². The molecule has 0 aliphatic carbocycles. The van der Waals surface area contributed by atoms with Crippen molar-refractivity contribution in [2.75, 3.05) is 5.33 Å². The predicted octanol–water partition coefficient (Wildman–Crippen LogP) is 2.79. The van der Waals surface area contributed by atoms with Crippen LogP contribution in [0.3, 0.4) is 0 Å². The fraction of sp³-hybridized carbons (Fsp3) is 0.100. The predicted molar refractivity (Wildman–Crippen MR) is 56.2 cm³/mol. The molecule has 0 spiro atoms. The summed E-state index contributed by atoms with van der Waals surface area (Å²) in [4.78, 5) is 10.5. The van der Waals surface area contributed by atoms with Crippen LogP contribution < -0.4 is 0 Å². The van der Waals surface area contributed by atoms with E-state index in [1.807, 2.05) is 0 Å². The molecule has 0 amide bonds. The number of alkyl halides is 1. The lowest BCUT2D eigenvalue weighted by atomic mass is 10.1. The van der Waals surface area contributed by atoms with E-state index in [1.54, 1.807) is 24.3 Å². The summed E-state index contributed by atoms with van der Waals surface area (Å²) in [6.45, 7) is 3.82. The Balaban J connectivity index is 2.93. The van der Waals surface area contributed by atoms with Crippen molar-refractivity contribution in [1.29, 1.82) is 0 Å². The molecule has 1 aromatic rings. The number of rotatable bonds is 3. The molecule has 1 aromatic carbocycles. The first-order valence-corrected chi connectivity index (χ1v) is 4.84. The Kier molecular flexibility index (Phi) is 3.25. The van der Waals surface area contributed by atoms with Gasteiger partial charge >= 0.3 is 5.97 Å². The van der Waals surface area contributed by atoms with Gasteiger partial charge in [-0.15, -0.1) is 0 Å². The molecule has 0 bridgehead atoms. The minimum absolute atomic E-state index is 0.297. The van der Waals surface area contributed by atoms with Gasteiger partial charge in [0.25, 0.3) is 0 Å². The topological polar surface area (TPSA) is 37.3 Å². The normalized spacial score (nSPS) is 9.62. The summed E-state index contributed by atoms with van der Waals surface area (Å²) in [6.07, 6.45) is 0. The Morgan fingerprint density at radius 1 is 1.31 bits per heavy atom. The van der Waals surface area contributed by atoms with E-state index in [0.29, 0.717) is 10.9 Å². The maximum Gasteiger partial charge on any atom is 0.335 e. The maximum atomic E-state index is 10.5. The molecule has 2 nitrogen and oxygen atoms in total. The zero-order chi connectivity index (χ0) is 9.84. The zero-order valence-corrected chi connectivity index (χ0v) is 8.54. The number of carboxylic acid groups (broad SMARTS) is 1. The summed E-state index contributed by atoms with van der Waals surface area (Å²) in [5.41, 5.74) is 2.20. The summed E-state index contributed by atoms with van der Waals surface area (Å²) in [7, 11) is 0. The smallest absolute Gasteiger partial charge is 0.335 e. The van der Waals surface area contributed by atoms with Gasteiger partial charge in [0, 0.05) is 5.33 Å². The Morgan fingerprint density at radius 2 is 1.77 bits per heavy atom. The number of halogens is 1. The quantitative estimate of drug-likeness (QED) is 0.826. The highest BCUT2D eigenvalue weighted by molar-refractivity contribution is 9.09. The lowest BCUT2D eigenvalue weighted by Crippen LogP contribution is -1.95. The van der Waals surface area contributed by atoms with Gasteiger partial charge in [0.05, 0.1) is 5.56 Å². The number of hydrogen-bond acceptors (Lipinski definition) is 1. The average molecular weight is 241 g/mol. The van der Waals surface area contributed by atoms with Crippen LogP contribution in [0.2, 0.25) is 0 Å². The Bertz CT molecular complexity index is 327. The van der Waals surface area contributed by atoms with E-state index in [-0.39, 0.29) is 0 Å². The molecule has 0 fully saturated rings. The van der Waals surface area contributed by atoms with E-state index < -0.39 is 5.97 Å². The first-order chi connectivity index (χ1) is 6.15. The number of hydrogen-bond donors (Lipinski definition) is 1. The van der Waals surface area contributed by atoms with E-state index in [4.69, 9.17) is 5.11 Å². The Labute approximate surface area is 85.0 Å². The molecule has 68 valence electrons. The summed E-state index contributed by atoms with van der Waals surface area (Å²) in [5, 5.41) is 9.33. The minimum Gasteiger partial charge on any atom is -0.478 e. The molecule has 1 N–H and O–H groups in total. The molecule has 1 rings (SSSR count). The van der Waals surface area contributed by atoms with Crippen molar-refractivity contribution in [3.63, 3.8) is 0 Å². The van der Waals surface area contributed by atoms with Gasteiger partial charge in [-0.2, -0.15) is 0 Å². The minimum atomic E-state index is -0.906. The van der Waals surface area contributed by atoms with Gasteiger partial charge in [0.2, 0.25) is 0 Å². The number of aromatic carboxylic acids is 1. The van der Waals surface area contributed by atoms with Gasteiger partial charge in [-0.3, -0.25) is 0 Å². The molecule has 0 radical (unpaired) electrons. The second-order valence-corrected chi connectivity index (χ2v) is 3.18. The van der Waals surface area contributed by atoms with Crippen molar-refractivity contribution in [1.82, 2.24) is 0 Å². The molecule has 0 atom stereocenters. The fourth-order valence-corrected chi connectivity index (χ4v) is 1.25. The summed E-state index contributed by atoms with van der Waals surface area (Å²) in [5.74, 6) is -0.906. The van der Waals surface area contributed by atoms with Crippen LogP contribution in [-0.4, -0.2) is 16.4 Å². The Hall–Kier alpha value is -1.09. The van der Waals surface area contributed by atoms with Crippen LogP contribution in [0.4, 0.5) is 0 Å². The third-order valence-electron chi connectivity index (χ3n) is 1.70.